The molecule has 0 unspecified atom stereocenters. The molecule has 0 saturated carbocycles. The normalized spacial score (nSPS) is 11.1. The second kappa shape index (κ2) is 9.00. The van der Waals surface area contributed by atoms with E-state index in [2.05, 4.69) is 0 Å². The number of aryl methyl sites for hydroxylation is 1. The van der Waals surface area contributed by atoms with Crippen molar-refractivity contribution in [1.82, 2.24) is 0 Å². The number of benzene rings is 2. The number of halogens is 2. The fourth-order valence-electron chi connectivity index (χ4n) is 2.91. The number of carbonyl (C=O) groups is 2. The molecule has 1 amide bonds. The summed E-state index contributed by atoms with van der Waals surface area (Å²) in [4.78, 5) is 26.7. The topological polar surface area (TPSA) is 46.6 Å². The number of hydrogen-bond donors (Lipinski definition) is 0. The zero-order valence-corrected chi connectivity index (χ0v) is 16.4. The lowest BCUT2D eigenvalue weighted by atomic mass is 9.91. The minimum absolute atomic E-state index is 0.110. The Labute approximate surface area is 163 Å². The summed E-state index contributed by atoms with van der Waals surface area (Å²) in [5.41, 5.74) is 0.317. The SMILES string of the molecule is COc1ccc(CCC(=O)C(C)(C)N(C(=O)CCl)c2ccc(F)cc2)cc1. The number of nitrogens with zero attached hydrogens (tertiary/aromatic N) is 1. The molecule has 0 aliphatic rings. The number of amides is 1. The van der Waals surface area contributed by atoms with E-state index in [-0.39, 0.29) is 18.1 Å². The molecule has 0 N–H and O–H groups in total. The molecule has 0 aliphatic heterocycles. The first-order valence-electron chi connectivity index (χ1n) is 8.60. The predicted molar refractivity (Wildman–Crippen MR) is 105 cm³/mol. The highest BCUT2D eigenvalue weighted by molar-refractivity contribution is 6.30. The molecule has 0 bridgehead atoms. The maximum atomic E-state index is 13.2. The van der Waals surface area contributed by atoms with Crippen LogP contribution in [0.25, 0.3) is 0 Å². The molecule has 0 radical (unpaired) electrons. The largest absolute Gasteiger partial charge is 0.497 e. The van der Waals surface area contributed by atoms with E-state index >= 15 is 0 Å². The molecule has 0 spiro atoms. The number of carbonyl (C=O) groups excluding carboxylic acids is 2. The Morgan fingerprint density at radius 3 is 2.19 bits per heavy atom. The summed E-state index contributed by atoms with van der Waals surface area (Å²) in [5, 5.41) is 0. The maximum Gasteiger partial charge on any atom is 0.242 e. The number of anilines is 1. The Kier molecular flexibility index (Phi) is 6.97. The zero-order valence-electron chi connectivity index (χ0n) is 15.7. The van der Waals surface area contributed by atoms with E-state index in [0.717, 1.165) is 11.3 Å². The third-order valence-electron chi connectivity index (χ3n) is 4.49. The summed E-state index contributed by atoms with van der Waals surface area (Å²) in [7, 11) is 1.60. The highest BCUT2D eigenvalue weighted by atomic mass is 35.5. The number of alkyl halides is 1. The van der Waals surface area contributed by atoms with E-state index in [9.17, 15) is 14.0 Å². The van der Waals surface area contributed by atoms with Gasteiger partial charge in [-0.2, -0.15) is 0 Å². The second-order valence-electron chi connectivity index (χ2n) is 6.67. The fraction of sp³-hybridized carbons (Fsp3) is 0.333. The van der Waals surface area contributed by atoms with Crippen molar-refractivity contribution in [3.8, 4) is 5.75 Å². The van der Waals surface area contributed by atoms with Gasteiger partial charge in [-0.1, -0.05) is 12.1 Å². The Balaban J connectivity index is 2.18. The van der Waals surface area contributed by atoms with Gasteiger partial charge in [-0.3, -0.25) is 14.5 Å². The average molecular weight is 392 g/mol. The molecule has 0 heterocycles. The molecule has 27 heavy (non-hydrogen) atoms. The monoisotopic (exact) mass is 391 g/mol. The molecule has 2 aromatic carbocycles. The Bertz CT molecular complexity index is 788. The van der Waals surface area contributed by atoms with Crippen molar-refractivity contribution in [3.63, 3.8) is 0 Å². The van der Waals surface area contributed by atoms with Crippen LogP contribution in [0.3, 0.4) is 0 Å². The highest BCUT2D eigenvalue weighted by Gasteiger charge is 2.37. The minimum atomic E-state index is -1.11. The summed E-state index contributed by atoms with van der Waals surface area (Å²) in [6.07, 6.45) is 0.797. The Hall–Kier alpha value is -2.40. The Morgan fingerprint density at radius 2 is 1.67 bits per heavy atom. The van der Waals surface area contributed by atoms with Crippen molar-refractivity contribution in [2.45, 2.75) is 32.2 Å². The summed E-state index contributed by atoms with van der Waals surface area (Å²) < 4.78 is 18.4. The van der Waals surface area contributed by atoms with Crippen LogP contribution in [0.1, 0.15) is 25.8 Å². The quantitative estimate of drug-likeness (QED) is 0.627. The molecule has 0 aromatic heterocycles. The molecule has 0 fully saturated rings. The van der Waals surface area contributed by atoms with Gasteiger partial charge in [0.25, 0.3) is 0 Å². The van der Waals surface area contributed by atoms with E-state index in [1.807, 2.05) is 24.3 Å². The van der Waals surface area contributed by atoms with E-state index in [0.29, 0.717) is 12.1 Å². The summed E-state index contributed by atoms with van der Waals surface area (Å²) in [6, 6.07) is 12.9. The first-order chi connectivity index (χ1) is 12.8. The summed E-state index contributed by atoms with van der Waals surface area (Å²) in [5.74, 6) is -0.458. The van der Waals surface area contributed by atoms with Crippen LogP contribution in [0.4, 0.5) is 10.1 Å². The van der Waals surface area contributed by atoms with Gasteiger partial charge in [-0.15, -0.1) is 11.6 Å². The fourth-order valence-corrected chi connectivity index (χ4v) is 3.03. The maximum absolute atomic E-state index is 13.2. The van der Waals surface area contributed by atoms with E-state index in [4.69, 9.17) is 16.3 Å². The van der Waals surface area contributed by atoms with Crippen LogP contribution in [-0.2, 0) is 16.0 Å². The van der Waals surface area contributed by atoms with Gasteiger partial charge in [0.15, 0.2) is 5.78 Å². The molecule has 2 aromatic rings. The van der Waals surface area contributed by atoms with Gasteiger partial charge >= 0.3 is 0 Å². The van der Waals surface area contributed by atoms with Crippen molar-refractivity contribution in [3.05, 3.63) is 59.9 Å². The molecule has 144 valence electrons. The molecule has 4 nitrogen and oxygen atoms in total. The lowest BCUT2D eigenvalue weighted by Crippen LogP contribution is -2.54. The van der Waals surface area contributed by atoms with Gasteiger partial charge in [-0.05, 0) is 62.2 Å². The summed E-state index contributed by atoms with van der Waals surface area (Å²) in [6.45, 7) is 3.36. The Morgan fingerprint density at radius 1 is 1.07 bits per heavy atom. The molecule has 0 aliphatic carbocycles. The first-order valence-corrected chi connectivity index (χ1v) is 9.14. The van der Waals surface area contributed by atoms with Crippen LogP contribution < -0.4 is 9.64 Å². The van der Waals surface area contributed by atoms with Gasteiger partial charge in [0.05, 0.1) is 7.11 Å². The minimum Gasteiger partial charge on any atom is -0.497 e. The molecular weight excluding hydrogens is 369 g/mol. The number of rotatable bonds is 8. The third-order valence-corrected chi connectivity index (χ3v) is 4.72. The van der Waals surface area contributed by atoms with Crippen molar-refractivity contribution >= 4 is 29.0 Å². The van der Waals surface area contributed by atoms with E-state index in [1.54, 1.807) is 21.0 Å². The third kappa shape index (κ3) is 5.07. The predicted octanol–water partition coefficient (Wildman–Crippen LogP) is 4.39. The second-order valence-corrected chi connectivity index (χ2v) is 6.94. The van der Waals surface area contributed by atoms with Gasteiger partial charge in [0, 0.05) is 12.1 Å². The van der Waals surface area contributed by atoms with Crippen molar-refractivity contribution in [1.29, 1.82) is 0 Å². The number of ether oxygens (including phenoxy) is 1. The smallest absolute Gasteiger partial charge is 0.242 e. The van der Waals surface area contributed by atoms with Gasteiger partial charge in [-0.25, -0.2) is 4.39 Å². The number of ketones is 1. The number of hydrogen-bond acceptors (Lipinski definition) is 3. The standard InChI is InChI=1S/C21H23ClFNO3/c1-21(2,19(25)13-6-15-4-11-18(27-3)12-5-15)24(20(26)14-22)17-9-7-16(23)8-10-17/h4-5,7-12H,6,13-14H2,1-3H3. The highest BCUT2D eigenvalue weighted by Crippen LogP contribution is 2.27. The molecule has 0 atom stereocenters. The number of Topliss-reactive ketones (excluding diaryl/α,β-unsaturated/α-hetero) is 1. The van der Waals surface area contributed by atoms with Gasteiger partial charge in [0.1, 0.15) is 23.0 Å². The molecule has 2 rings (SSSR count). The first kappa shape index (κ1) is 20.9. The van der Waals surface area contributed by atoms with Crippen LogP contribution in [-0.4, -0.2) is 30.2 Å². The summed E-state index contributed by atoms with van der Waals surface area (Å²) >= 11 is 5.75. The lowest BCUT2D eigenvalue weighted by Gasteiger charge is -2.37. The van der Waals surface area contributed by atoms with E-state index in [1.165, 1.54) is 29.2 Å². The molecular formula is C21H23ClFNO3. The van der Waals surface area contributed by atoms with Crippen LogP contribution >= 0.6 is 11.6 Å². The average Bonchev–Trinajstić information content (AvgIpc) is 2.67. The van der Waals surface area contributed by atoms with Crippen molar-refractivity contribution < 1.29 is 18.7 Å². The zero-order chi connectivity index (χ0) is 20.0. The van der Waals surface area contributed by atoms with Crippen molar-refractivity contribution in [2.75, 3.05) is 17.9 Å². The number of methoxy groups -OCH3 is 1. The van der Waals surface area contributed by atoms with E-state index < -0.39 is 17.3 Å². The van der Waals surface area contributed by atoms with Crippen LogP contribution in [0.2, 0.25) is 0 Å². The van der Waals surface area contributed by atoms with Crippen LogP contribution in [0.15, 0.2) is 48.5 Å². The van der Waals surface area contributed by atoms with Gasteiger partial charge in [0.2, 0.25) is 5.91 Å². The van der Waals surface area contributed by atoms with Crippen LogP contribution in [0, 0.1) is 5.82 Å². The lowest BCUT2D eigenvalue weighted by molar-refractivity contribution is -0.127. The van der Waals surface area contributed by atoms with Gasteiger partial charge < -0.3 is 4.74 Å². The van der Waals surface area contributed by atoms with Crippen LogP contribution in [0.5, 0.6) is 5.75 Å². The van der Waals surface area contributed by atoms with Crippen molar-refractivity contribution in [2.24, 2.45) is 0 Å². The molecule has 6 heteroatoms. The molecule has 0 saturated heterocycles.